The predicted molar refractivity (Wildman–Crippen MR) is 98.0 cm³/mol. The number of hydrogen-bond donors (Lipinski definition) is 1. The average molecular weight is 370 g/mol. The van der Waals surface area contributed by atoms with Crippen LogP contribution in [0.1, 0.15) is 13.8 Å². The van der Waals surface area contributed by atoms with Crippen LogP contribution in [-0.2, 0) is 0 Å². The van der Waals surface area contributed by atoms with Gasteiger partial charge < -0.3 is 5.32 Å². The van der Waals surface area contributed by atoms with Crippen LogP contribution in [0.2, 0.25) is 9.36 Å². The van der Waals surface area contributed by atoms with Gasteiger partial charge in [-0.3, -0.25) is 9.89 Å². The minimum Gasteiger partial charge on any atom is -0.353 e. The van der Waals surface area contributed by atoms with Crippen molar-refractivity contribution in [3.05, 3.63) is 27.7 Å². The van der Waals surface area contributed by atoms with Crippen molar-refractivity contribution in [2.75, 3.05) is 25.1 Å². The Morgan fingerprint density at radius 3 is 2.87 bits per heavy atom. The van der Waals surface area contributed by atoms with Crippen LogP contribution in [0.15, 0.2) is 23.3 Å². The molecule has 3 rings (SSSR count). The van der Waals surface area contributed by atoms with E-state index in [-0.39, 0.29) is 5.54 Å². The Bertz CT molecular complexity index is 709. The minimum absolute atomic E-state index is 0.00878. The van der Waals surface area contributed by atoms with E-state index in [1.165, 1.54) is 11.3 Å². The Labute approximate surface area is 149 Å². The van der Waals surface area contributed by atoms with Gasteiger partial charge in [0.15, 0.2) is 0 Å². The molecule has 1 aliphatic rings. The molecule has 8 heteroatoms. The third-order valence-electron chi connectivity index (χ3n) is 3.69. The fourth-order valence-corrected chi connectivity index (χ4v) is 3.68. The summed E-state index contributed by atoms with van der Waals surface area (Å²) in [7, 11) is 0. The largest absolute Gasteiger partial charge is 0.353 e. The molecule has 1 N–H and O–H groups in total. The molecule has 23 heavy (non-hydrogen) atoms. The molecule has 1 aliphatic heterocycles. The summed E-state index contributed by atoms with van der Waals surface area (Å²) in [5.41, 5.74) is 0.820. The number of thiophene rings is 1. The SMILES string of the molecule is CC1(C)C=NCN1CCNc1nccc(-c2cc(Cl)c(Cl)s2)n1. The van der Waals surface area contributed by atoms with Crippen molar-refractivity contribution in [2.24, 2.45) is 4.99 Å². The van der Waals surface area contributed by atoms with Crippen LogP contribution in [0, 0.1) is 0 Å². The Balaban J connectivity index is 1.62. The predicted octanol–water partition coefficient (Wildman–Crippen LogP) is 4.05. The average Bonchev–Trinajstić information content (AvgIpc) is 3.02. The summed E-state index contributed by atoms with van der Waals surface area (Å²) in [6.07, 6.45) is 3.73. The standard InChI is InChI=1S/C15H17Cl2N5S/c1-15(2)8-18-9-22(15)6-5-20-14-19-4-3-11(21-14)12-7-10(16)13(17)23-12/h3-4,7-8H,5-6,9H2,1-2H3,(H,19,20,21). The van der Waals surface area contributed by atoms with Gasteiger partial charge in [-0.1, -0.05) is 23.2 Å². The van der Waals surface area contributed by atoms with Gasteiger partial charge in [-0.15, -0.1) is 11.3 Å². The van der Waals surface area contributed by atoms with Crippen LogP contribution in [0.5, 0.6) is 0 Å². The quantitative estimate of drug-likeness (QED) is 0.863. The molecule has 122 valence electrons. The number of nitrogens with one attached hydrogen (secondary N) is 1. The number of aliphatic imine (C=N–C) groups is 1. The number of aromatic nitrogens is 2. The highest BCUT2D eigenvalue weighted by molar-refractivity contribution is 7.20. The van der Waals surface area contributed by atoms with Crippen molar-refractivity contribution >= 4 is 46.7 Å². The van der Waals surface area contributed by atoms with Crippen LogP contribution in [0.3, 0.4) is 0 Å². The molecule has 0 aliphatic carbocycles. The first kappa shape index (κ1) is 16.6. The molecule has 3 heterocycles. The Morgan fingerprint density at radius 2 is 2.22 bits per heavy atom. The summed E-state index contributed by atoms with van der Waals surface area (Å²) >= 11 is 13.4. The van der Waals surface area contributed by atoms with E-state index in [2.05, 4.69) is 39.0 Å². The van der Waals surface area contributed by atoms with E-state index in [0.29, 0.717) is 15.3 Å². The first-order chi connectivity index (χ1) is 11.0. The van der Waals surface area contributed by atoms with Gasteiger partial charge in [0.1, 0.15) is 4.34 Å². The summed E-state index contributed by atoms with van der Waals surface area (Å²) in [6.45, 7) is 6.68. The molecule has 0 saturated carbocycles. The Morgan fingerprint density at radius 1 is 1.39 bits per heavy atom. The van der Waals surface area contributed by atoms with Gasteiger partial charge in [0.2, 0.25) is 5.95 Å². The molecule has 0 fully saturated rings. The number of hydrogen-bond acceptors (Lipinski definition) is 6. The highest BCUT2D eigenvalue weighted by atomic mass is 35.5. The van der Waals surface area contributed by atoms with Crippen molar-refractivity contribution in [3.8, 4) is 10.6 Å². The molecule has 0 radical (unpaired) electrons. The van der Waals surface area contributed by atoms with Gasteiger partial charge in [-0.05, 0) is 26.0 Å². The monoisotopic (exact) mass is 369 g/mol. The van der Waals surface area contributed by atoms with E-state index in [0.717, 1.165) is 30.3 Å². The van der Waals surface area contributed by atoms with Gasteiger partial charge >= 0.3 is 0 Å². The Kier molecular flexibility index (Phi) is 4.87. The molecular weight excluding hydrogens is 353 g/mol. The molecule has 0 spiro atoms. The number of anilines is 1. The van der Waals surface area contributed by atoms with Gasteiger partial charge in [0.25, 0.3) is 0 Å². The Hall–Kier alpha value is -1.21. The first-order valence-electron chi connectivity index (χ1n) is 7.24. The molecule has 0 atom stereocenters. The van der Waals surface area contributed by atoms with Crippen molar-refractivity contribution < 1.29 is 0 Å². The first-order valence-corrected chi connectivity index (χ1v) is 8.81. The maximum Gasteiger partial charge on any atom is 0.223 e. The van der Waals surface area contributed by atoms with E-state index in [1.54, 1.807) is 6.20 Å². The van der Waals surface area contributed by atoms with E-state index in [9.17, 15) is 0 Å². The zero-order valence-corrected chi connectivity index (χ0v) is 15.2. The molecule has 0 aromatic carbocycles. The molecular formula is C15H17Cl2N5S. The number of rotatable bonds is 5. The highest BCUT2D eigenvalue weighted by Crippen LogP contribution is 2.37. The fraction of sp³-hybridized carbons (Fsp3) is 0.400. The van der Waals surface area contributed by atoms with Crippen LogP contribution >= 0.6 is 34.5 Å². The lowest BCUT2D eigenvalue weighted by atomic mass is 10.1. The number of nitrogens with zero attached hydrogens (tertiary/aromatic N) is 4. The molecule has 2 aromatic rings. The summed E-state index contributed by atoms with van der Waals surface area (Å²) in [5.74, 6) is 0.598. The second kappa shape index (κ2) is 6.73. The van der Waals surface area contributed by atoms with Crippen molar-refractivity contribution in [3.63, 3.8) is 0 Å². The van der Waals surface area contributed by atoms with E-state index >= 15 is 0 Å². The van der Waals surface area contributed by atoms with Gasteiger partial charge in [0, 0.05) is 25.5 Å². The maximum absolute atomic E-state index is 6.01. The summed E-state index contributed by atoms with van der Waals surface area (Å²) < 4.78 is 0.575. The van der Waals surface area contributed by atoms with Crippen molar-refractivity contribution in [1.82, 2.24) is 14.9 Å². The van der Waals surface area contributed by atoms with Gasteiger partial charge in [0.05, 0.1) is 27.8 Å². The van der Waals surface area contributed by atoms with Crippen molar-refractivity contribution in [2.45, 2.75) is 19.4 Å². The van der Waals surface area contributed by atoms with Gasteiger partial charge in [-0.2, -0.15) is 0 Å². The zero-order valence-electron chi connectivity index (χ0n) is 12.9. The lowest BCUT2D eigenvalue weighted by molar-refractivity contribution is 0.216. The lowest BCUT2D eigenvalue weighted by Crippen LogP contribution is -2.43. The lowest BCUT2D eigenvalue weighted by Gasteiger charge is -2.29. The van der Waals surface area contributed by atoms with Crippen LogP contribution < -0.4 is 5.32 Å². The smallest absolute Gasteiger partial charge is 0.223 e. The molecule has 5 nitrogen and oxygen atoms in total. The van der Waals surface area contributed by atoms with E-state index < -0.39 is 0 Å². The van der Waals surface area contributed by atoms with E-state index in [1.807, 2.05) is 18.3 Å². The summed E-state index contributed by atoms with van der Waals surface area (Å²) in [6, 6.07) is 3.67. The fourth-order valence-electron chi connectivity index (χ4n) is 2.34. The normalized spacial score (nSPS) is 16.9. The molecule has 0 amide bonds. The maximum atomic E-state index is 6.01. The van der Waals surface area contributed by atoms with Crippen LogP contribution in [-0.4, -0.2) is 46.4 Å². The van der Waals surface area contributed by atoms with Gasteiger partial charge in [-0.25, -0.2) is 9.97 Å². The topological polar surface area (TPSA) is 53.4 Å². The third-order valence-corrected chi connectivity index (χ3v) is 5.58. The molecule has 0 unspecified atom stereocenters. The molecule has 0 bridgehead atoms. The van der Waals surface area contributed by atoms with E-state index in [4.69, 9.17) is 23.2 Å². The second-order valence-corrected chi connectivity index (χ2v) is 7.86. The van der Waals surface area contributed by atoms with Crippen LogP contribution in [0.25, 0.3) is 10.6 Å². The number of halogens is 2. The summed E-state index contributed by atoms with van der Waals surface area (Å²) in [5, 5.41) is 3.81. The third kappa shape index (κ3) is 3.83. The molecule has 2 aromatic heterocycles. The summed E-state index contributed by atoms with van der Waals surface area (Å²) in [4.78, 5) is 16.3. The minimum atomic E-state index is 0.00878. The zero-order chi connectivity index (χ0) is 16.4. The van der Waals surface area contributed by atoms with Crippen LogP contribution in [0.4, 0.5) is 5.95 Å². The second-order valence-electron chi connectivity index (χ2n) is 5.79. The highest BCUT2D eigenvalue weighted by Gasteiger charge is 2.27. The molecule has 0 saturated heterocycles. The van der Waals surface area contributed by atoms with Crippen molar-refractivity contribution in [1.29, 1.82) is 0 Å².